The second-order valence-electron chi connectivity index (χ2n) is 13.1. The molecule has 2 atom stereocenters. The predicted octanol–water partition coefficient (Wildman–Crippen LogP) is 10.7. The second kappa shape index (κ2) is 36.1. The number of allylic oxidation sites excluding steroid dienone is 8. The van der Waals surface area contributed by atoms with Crippen LogP contribution in [0.15, 0.2) is 60.8 Å². The van der Waals surface area contributed by atoms with Crippen molar-refractivity contribution in [2.24, 2.45) is 0 Å². The van der Waals surface area contributed by atoms with Gasteiger partial charge in [0, 0.05) is 12.8 Å². The van der Waals surface area contributed by atoms with E-state index in [1.807, 2.05) is 36.5 Å². The van der Waals surface area contributed by atoms with Crippen LogP contribution in [0.4, 0.5) is 0 Å². The van der Waals surface area contributed by atoms with Crippen LogP contribution < -0.4 is 0 Å². The van der Waals surface area contributed by atoms with E-state index in [9.17, 15) is 19.3 Å². The molecule has 0 saturated heterocycles. The van der Waals surface area contributed by atoms with E-state index < -0.39 is 38.6 Å². The summed E-state index contributed by atoms with van der Waals surface area (Å²) in [6.07, 6.45) is 41.1. The lowest BCUT2D eigenvalue weighted by Crippen LogP contribution is -2.29. The van der Waals surface area contributed by atoms with Crippen molar-refractivity contribution >= 4 is 19.8 Å². The van der Waals surface area contributed by atoms with Crippen molar-refractivity contribution in [3.05, 3.63) is 60.8 Å². The fourth-order valence-corrected chi connectivity index (χ4v) is 5.45. The van der Waals surface area contributed by atoms with Gasteiger partial charge in [0.25, 0.3) is 0 Å². The maximum absolute atomic E-state index is 12.4. The fourth-order valence-electron chi connectivity index (χ4n) is 5.09. The molecule has 0 aromatic heterocycles. The zero-order valence-corrected chi connectivity index (χ0v) is 32.7. The highest BCUT2D eigenvalue weighted by molar-refractivity contribution is 7.46. The maximum Gasteiger partial charge on any atom is 0.469 e. The number of esters is 2. The second-order valence-corrected chi connectivity index (χ2v) is 14.3. The molecule has 0 rings (SSSR count). The average molecular weight is 739 g/mol. The summed E-state index contributed by atoms with van der Waals surface area (Å²) >= 11 is 0. The molecule has 0 fully saturated rings. The van der Waals surface area contributed by atoms with Crippen LogP contribution in [-0.4, -0.2) is 52.3 Å². The van der Waals surface area contributed by atoms with Crippen LogP contribution in [0.3, 0.4) is 0 Å². The van der Waals surface area contributed by atoms with Crippen molar-refractivity contribution in [2.75, 3.05) is 13.2 Å². The Morgan fingerprint density at radius 2 is 1.14 bits per heavy atom. The van der Waals surface area contributed by atoms with Gasteiger partial charge in [0.15, 0.2) is 6.10 Å². The molecule has 0 aliphatic rings. The highest BCUT2D eigenvalue weighted by atomic mass is 31.2. The van der Waals surface area contributed by atoms with E-state index in [0.29, 0.717) is 32.1 Å². The zero-order valence-electron chi connectivity index (χ0n) is 31.8. The standard InChI is InChI=1S/C41H71O9P/c1-3-5-7-9-11-12-13-14-15-16-17-18-22-26-30-34-40(43)48-36-39(37-49-51(45,46)47)50-41(44)35-31-27-23-20-19-21-25-29-33-38(42)32-28-24-10-8-6-4-2/h12-13,20-21,23-25,28-29,33,38-39,42H,3-11,14-19,22,26-27,30-32,34-37H2,1-2H3,(H2,45,46,47)/b13-12-,23-20-,25-21-,28-24-,33-29+/t38-,39+/m0/s1. The lowest BCUT2D eigenvalue weighted by molar-refractivity contribution is -0.161. The fraction of sp³-hybridized carbons (Fsp3) is 0.707. The molecule has 10 heteroatoms. The van der Waals surface area contributed by atoms with E-state index in [0.717, 1.165) is 32.1 Å². The first-order chi connectivity index (χ1) is 24.7. The lowest BCUT2D eigenvalue weighted by atomic mass is 10.1. The van der Waals surface area contributed by atoms with Crippen molar-refractivity contribution in [3.8, 4) is 0 Å². The third-order valence-corrected chi connectivity index (χ3v) is 8.57. The first-order valence-corrected chi connectivity index (χ1v) is 21.2. The first kappa shape index (κ1) is 48.7. The molecule has 0 aromatic rings. The van der Waals surface area contributed by atoms with Crippen LogP contribution in [0.25, 0.3) is 0 Å². The molecular formula is C41H71O9P. The average Bonchev–Trinajstić information content (AvgIpc) is 3.09. The van der Waals surface area contributed by atoms with Gasteiger partial charge in [-0.1, -0.05) is 139 Å². The molecule has 0 aromatic carbocycles. The quantitative estimate of drug-likeness (QED) is 0.0190. The maximum atomic E-state index is 12.4. The third kappa shape index (κ3) is 38.8. The highest BCUT2D eigenvalue weighted by Gasteiger charge is 2.22. The van der Waals surface area contributed by atoms with Gasteiger partial charge < -0.3 is 24.4 Å². The molecule has 9 nitrogen and oxygen atoms in total. The number of phosphoric ester groups is 1. The minimum atomic E-state index is -4.78. The van der Waals surface area contributed by atoms with E-state index in [2.05, 4.69) is 36.6 Å². The molecular weight excluding hydrogens is 667 g/mol. The van der Waals surface area contributed by atoms with Crippen LogP contribution in [-0.2, 0) is 28.2 Å². The number of phosphoric acid groups is 1. The number of aliphatic hydroxyl groups is 1. The summed E-state index contributed by atoms with van der Waals surface area (Å²) in [5.74, 6) is -0.999. The molecule has 294 valence electrons. The van der Waals surface area contributed by atoms with E-state index in [1.54, 1.807) is 6.08 Å². The number of aliphatic hydroxyl groups excluding tert-OH is 1. The highest BCUT2D eigenvalue weighted by Crippen LogP contribution is 2.36. The van der Waals surface area contributed by atoms with Crippen molar-refractivity contribution in [1.29, 1.82) is 0 Å². The van der Waals surface area contributed by atoms with Crippen molar-refractivity contribution < 1.29 is 43.0 Å². The monoisotopic (exact) mass is 738 g/mol. The molecule has 0 amide bonds. The Balaban J connectivity index is 4.14. The van der Waals surface area contributed by atoms with Gasteiger partial charge in [-0.15, -0.1) is 0 Å². The van der Waals surface area contributed by atoms with Crippen LogP contribution in [0.5, 0.6) is 0 Å². The minimum absolute atomic E-state index is 0.101. The lowest BCUT2D eigenvalue weighted by Gasteiger charge is -2.18. The molecule has 0 radical (unpaired) electrons. The minimum Gasteiger partial charge on any atom is -0.462 e. The summed E-state index contributed by atoms with van der Waals surface area (Å²) in [5.41, 5.74) is 0. The Morgan fingerprint density at radius 3 is 1.80 bits per heavy atom. The normalized spacial score (nSPS) is 13.7. The number of carbonyl (C=O) groups excluding carboxylic acids is 2. The van der Waals surface area contributed by atoms with Gasteiger partial charge in [-0.2, -0.15) is 0 Å². The van der Waals surface area contributed by atoms with Gasteiger partial charge >= 0.3 is 19.8 Å². The van der Waals surface area contributed by atoms with Crippen LogP contribution in [0.1, 0.15) is 162 Å². The van der Waals surface area contributed by atoms with Gasteiger partial charge in [0.05, 0.1) is 12.7 Å². The molecule has 0 aliphatic heterocycles. The van der Waals surface area contributed by atoms with E-state index in [-0.39, 0.29) is 19.4 Å². The summed E-state index contributed by atoms with van der Waals surface area (Å²) in [7, 11) is -4.78. The molecule has 0 saturated carbocycles. The zero-order chi connectivity index (χ0) is 37.7. The SMILES string of the molecule is CCCCC/C=C\C[C@H](O)/C=C/C=C\C/C=C\CCCC(=O)O[C@H](COC(=O)CCCCCCCCC/C=C\CCCCCC)COP(=O)(O)O. The Kier molecular flexibility index (Phi) is 34.5. The summed E-state index contributed by atoms with van der Waals surface area (Å²) in [6, 6.07) is 0. The molecule has 0 aliphatic carbocycles. The van der Waals surface area contributed by atoms with E-state index >= 15 is 0 Å². The van der Waals surface area contributed by atoms with Crippen LogP contribution >= 0.6 is 7.82 Å². The summed E-state index contributed by atoms with van der Waals surface area (Å²) in [5, 5.41) is 9.99. The van der Waals surface area contributed by atoms with Gasteiger partial charge in [-0.05, 0) is 70.6 Å². The Labute approximate surface area is 309 Å². The molecule has 0 heterocycles. The summed E-state index contributed by atoms with van der Waals surface area (Å²) < 4.78 is 26.2. The first-order valence-electron chi connectivity index (χ1n) is 19.7. The van der Waals surface area contributed by atoms with Gasteiger partial charge in [0.1, 0.15) is 6.61 Å². The Hall–Kier alpha value is -2.29. The number of carbonyl (C=O) groups is 2. The molecule has 3 N–H and O–H groups in total. The molecule has 0 bridgehead atoms. The van der Waals surface area contributed by atoms with E-state index in [1.165, 1.54) is 70.6 Å². The Bertz CT molecular complexity index is 1030. The van der Waals surface area contributed by atoms with Crippen molar-refractivity contribution in [3.63, 3.8) is 0 Å². The van der Waals surface area contributed by atoms with Crippen molar-refractivity contribution in [2.45, 2.75) is 174 Å². The van der Waals surface area contributed by atoms with Gasteiger partial charge in [0.2, 0.25) is 0 Å². The van der Waals surface area contributed by atoms with Crippen LogP contribution in [0.2, 0.25) is 0 Å². The van der Waals surface area contributed by atoms with Crippen LogP contribution in [0, 0.1) is 0 Å². The largest absolute Gasteiger partial charge is 0.469 e. The van der Waals surface area contributed by atoms with Crippen molar-refractivity contribution in [1.82, 2.24) is 0 Å². The Morgan fingerprint density at radius 1 is 0.608 bits per heavy atom. The molecule has 51 heavy (non-hydrogen) atoms. The van der Waals surface area contributed by atoms with E-state index in [4.69, 9.17) is 19.3 Å². The predicted molar refractivity (Wildman–Crippen MR) is 208 cm³/mol. The summed E-state index contributed by atoms with van der Waals surface area (Å²) in [6.45, 7) is 3.51. The smallest absolute Gasteiger partial charge is 0.462 e. The summed E-state index contributed by atoms with van der Waals surface area (Å²) in [4.78, 5) is 42.7. The topological polar surface area (TPSA) is 140 Å². The van der Waals surface area contributed by atoms with Gasteiger partial charge in [-0.25, -0.2) is 4.57 Å². The van der Waals surface area contributed by atoms with Gasteiger partial charge in [-0.3, -0.25) is 14.1 Å². The number of unbranched alkanes of at least 4 members (excludes halogenated alkanes) is 15. The number of rotatable bonds is 35. The number of ether oxygens (including phenoxy) is 2. The third-order valence-electron chi connectivity index (χ3n) is 8.09. The number of hydrogen-bond acceptors (Lipinski definition) is 7. The molecule has 0 spiro atoms. The molecule has 0 unspecified atom stereocenters. The number of hydrogen-bond donors (Lipinski definition) is 3.